The molecular formula is C16H18N2O4S. The Hall–Kier alpha value is -2.54. The number of hydrogen-bond acceptors (Lipinski definition) is 4. The Morgan fingerprint density at radius 2 is 1.65 bits per heavy atom. The Bertz CT molecular complexity index is 756. The molecule has 0 atom stereocenters. The number of amides is 1. The summed E-state index contributed by atoms with van der Waals surface area (Å²) in [5.74, 6) is 0.335. The van der Waals surface area contributed by atoms with Gasteiger partial charge in [-0.25, -0.2) is 8.42 Å². The highest BCUT2D eigenvalue weighted by atomic mass is 32.2. The molecule has 0 fully saturated rings. The maximum absolute atomic E-state index is 12.2. The van der Waals surface area contributed by atoms with Crippen molar-refractivity contribution in [1.82, 2.24) is 4.90 Å². The first-order valence-corrected chi connectivity index (χ1v) is 8.38. The fourth-order valence-corrected chi connectivity index (χ4v) is 2.79. The van der Waals surface area contributed by atoms with E-state index in [1.54, 1.807) is 56.6 Å². The van der Waals surface area contributed by atoms with Crippen LogP contribution < -0.4 is 9.46 Å². The molecule has 0 radical (unpaired) electrons. The number of sulfonamides is 1. The second-order valence-corrected chi connectivity index (χ2v) is 6.70. The lowest BCUT2D eigenvalue weighted by Gasteiger charge is -2.12. The van der Waals surface area contributed by atoms with Crippen molar-refractivity contribution in [1.29, 1.82) is 0 Å². The van der Waals surface area contributed by atoms with Gasteiger partial charge in [-0.2, -0.15) is 0 Å². The zero-order chi connectivity index (χ0) is 16.9. The molecule has 2 aromatic carbocycles. The second kappa shape index (κ2) is 7.15. The number of likely N-dealkylation sites (N-methyl/N-ethyl adjacent to an activating group) is 1. The van der Waals surface area contributed by atoms with Crippen LogP contribution in [-0.4, -0.2) is 39.9 Å². The van der Waals surface area contributed by atoms with Crippen molar-refractivity contribution in [3.8, 4) is 5.75 Å². The van der Waals surface area contributed by atoms with E-state index in [2.05, 4.69) is 4.72 Å². The highest BCUT2D eigenvalue weighted by Gasteiger charge is 2.13. The van der Waals surface area contributed by atoms with Crippen LogP contribution in [0.15, 0.2) is 59.5 Å². The van der Waals surface area contributed by atoms with Gasteiger partial charge in [0.1, 0.15) is 5.75 Å². The molecule has 0 aliphatic carbocycles. The number of nitrogens with one attached hydrogen (secondary N) is 1. The molecule has 0 unspecified atom stereocenters. The maximum Gasteiger partial charge on any atom is 0.261 e. The summed E-state index contributed by atoms with van der Waals surface area (Å²) in [5, 5.41) is 0. The minimum atomic E-state index is -3.61. The van der Waals surface area contributed by atoms with Gasteiger partial charge in [-0.15, -0.1) is 0 Å². The average molecular weight is 334 g/mol. The molecule has 122 valence electrons. The summed E-state index contributed by atoms with van der Waals surface area (Å²) >= 11 is 0. The SMILES string of the molecule is CN(C)C(=O)COc1ccc(NS(=O)(=O)c2ccccc2)cc1. The van der Waals surface area contributed by atoms with Gasteiger partial charge >= 0.3 is 0 Å². The minimum Gasteiger partial charge on any atom is -0.484 e. The molecular weight excluding hydrogens is 316 g/mol. The molecule has 0 aliphatic rings. The van der Waals surface area contributed by atoms with Crippen molar-refractivity contribution >= 4 is 21.6 Å². The Balaban J connectivity index is 2.02. The normalized spacial score (nSPS) is 10.9. The second-order valence-electron chi connectivity index (χ2n) is 5.02. The molecule has 23 heavy (non-hydrogen) atoms. The van der Waals surface area contributed by atoms with Crippen molar-refractivity contribution < 1.29 is 17.9 Å². The molecule has 0 saturated heterocycles. The molecule has 0 aliphatic heterocycles. The molecule has 0 spiro atoms. The molecule has 7 heteroatoms. The topological polar surface area (TPSA) is 75.7 Å². The molecule has 2 aromatic rings. The summed E-state index contributed by atoms with van der Waals surface area (Å²) in [6.07, 6.45) is 0. The fourth-order valence-electron chi connectivity index (χ4n) is 1.71. The van der Waals surface area contributed by atoms with Crippen molar-refractivity contribution in [3.63, 3.8) is 0 Å². The number of ether oxygens (including phenoxy) is 1. The van der Waals surface area contributed by atoms with Crippen molar-refractivity contribution in [2.24, 2.45) is 0 Å². The average Bonchev–Trinajstić information content (AvgIpc) is 2.54. The van der Waals surface area contributed by atoms with Crippen molar-refractivity contribution in [3.05, 3.63) is 54.6 Å². The lowest BCUT2D eigenvalue weighted by Crippen LogP contribution is -2.27. The lowest BCUT2D eigenvalue weighted by molar-refractivity contribution is -0.130. The van der Waals surface area contributed by atoms with Gasteiger partial charge in [-0.3, -0.25) is 9.52 Å². The van der Waals surface area contributed by atoms with Gasteiger partial charge in [0.25, 0.3) is 15.9 Å². The van der Waals surface area contributed by atoms with Gasteiger partial charge < -0.3 is 9.64 Å². The molecule has 2 rings (SSSR count). The van der Waals surface area contributed by atoms with Crippen LogP contribution >= 0.6 is 0 Å². The number of hydrogen-bond donors (Lipinski definition) is 1. The number of anilines is 1. The van der Waals surface area contributed by atoms with Crippen LogP contribution in [0.25, 0.3) is 0 Å². The third kappa shape index (κ3) is 4.72. The Morgan fingerprint density at radius 3 is 2.22 bits per heavy atom. The first-order valence-electron chi connectivity index (χ1n) is 6.89. The number of rotatable bonds is 6. The quantitative estimate of drug-likeness (QED) is 0.876. The Labute approximate surface area is 135 Å². The van der Waals surface area contributed by atoms with E-state index in [4.69, 9.17) is 4.74 Å². The number of carbonyl (C=O) groups excluding carboxylic acids is 1. The van der Waals surface area contributed by atoms with Crippen molar-refractivity contribution in [2.45, 2.75) is 4.90 Å². The van der Waals surface area contributed by atoms with Crippen LogP contribution in [0.1, 0.15) is 0 Å². The summed E-state index contributed by atoms with van der Waals surface area (Å²) in [7, 11) is -0.323. The molecule has 1 N–H and O–H groups in total. The van der Waals surface area contributed by atoms with Crippen LogP contribution in [0.4, 0.5) is 5.69 Å². The predicted molar refractivity (Wildman–Crippen MR) is 87.9 cm³/mol. The van der Waals surface area contributed by atoms with E-state index in [0.717, 1.165) is 0 Å². The van der Waals surface area contributed by atoms with Crippen LogP contribution in [0, 0.1) is 0 Å². The summed E-state index contributed by atoms with van der Waals surface area (Å²) < 4.78 is 32.2. The highest BCUT2D eigenvalue weighted by molar-refractivity contribution is 7.92. The van der Waals surface area contributed by atoms with Crippen LogP contribution in [0.2, 0.25) is 0 Å². The highest BCUT2D eigenvalue weighted by Crippen LogP contribution is 2.19. The number of carbonyl (C=O) groups is 1. The first-order chi connectivity index (χ1) is 10.9. The van der Waals surface area contributed by atoms with Crippen LogP contribution in [0.5, 0.6) is 5.75 Å². The summed E-state index contributed by atoms with van der Waals surface area (Å²) in [4.78, 5) is 13.1. The van der Waals surface area contributed by atoms with E-state index >= 15 is 0 Å². The zero-order valence-corrected chi connectivity index (χ0v) is 13.7. The lowest BCUT2D eigenvalue weighted by atomic mass is 10.3. The molecule has 0 aromatic heterocycles. The van der Waals surface area contributed by atoms with Gasteiger partial charge in [0.05, 0.1) is 4.90 Å². The van der Waals surface area contributed by atoms with E-state index in [1.165, 1.54) is 17.0 Å². The Kier molecular flexibility index (Phi) is 5.23. The van der Waals surface area contributed by atoms with E-state index in [1.807, 2.05) is 0 Å². The van der Waals surface area contributed by atoms with Crippen LogP contribution in [-0.2, 0) is 14.8 Å². The van der Waals surface area contributed by atoms with Gasteiger partial charge in [0, 0.05) is 19.8 Å². The summed E-state index contributed by atoms with van der Waals surface area (Å²) in [5.41, 5.74) is 0.417. The van der Waals surface area contributed by atoms with Crippen molar-refractivity contribution in [2.75, 3.05) is 25.4 Å². The van der Waals surface area contributed by atoms with Gasteiger partial charge in [-0.1, -0.05) is 18.2 Å². The van der Waals surface area contributed by atoms with E-state index in [9.17, 15) is 13.2 Å². The molecule has 0 bridgehead atoms. The number of benzene rings is 2. The first kappa shape index (κ1) is 16.8. The van der Waals surface area contributed by atoms with Crippen LogP contribution in [0.3, 0.4) is 0 Å². The summed E-state index contributed by atoms with van der Waals surface area (Å²) in [6.45, 7) is -0.0674. The zero-order valence-electron chi connectivity index (χ0n) is 12.9. The Morgan fingerprint density at radius 1 is 1.04 bits per heavy atom. The van der Waals surface area contributed by atoms with E-state index < -0.39 is 10.0 Å². The largest absolute Gasteiger partial charge is 0.484 e. The number of nitrogens with zero attached hydrogens (tertiary/aromatic N) is 1. The molecule has 6 nitrogen and oxygen atoms in total. The molecule has 1 amide bonds. The van der Waals surface area contributed by atoms with E-state index in [-0.39, 0.29) is 17.4 Å². The maximum atomic E-state index is 12.2. The van der Waals surface area contributed by atoms with E-state index in [0.29, 0.717) is 11.4 Å². The standard InChI is InChI=1S/C16H18N2O4S/c1-18(2)16(19)12-22-14-10-8-13(9-11-14)17-23(20,21)15-6-4-3-5-7-15/h3-11,17H,12H2,1-2H3. The van der Waals surface area contributed by atoms with Gasteiger partial charge in [-0.05, 0) is 36.4 Å². The van der Waals surface area contributed by atoms with Gasteiger partial charge in [0.2, 0.25) is 0 Å². The third-order valence-electron chi connectivity index (χ3n) is 3.02. The smallest absolute Gasteiger partial charge is 0.261 e. The molecule has 0 heterocycles. The monoisotopic (exact) mass is 334 g/mol. The fraction of sp³-hybridized carbons (Fsp3) is 0.188. The minimum absolute atomic E-state index is 0.0674. The third-order valence-corrected chi connectivity index (χ3v) is 4.42. The van der Waals surface area contributed by atoms with Gasteiger partial charge in [0.15, 0.2) is 6.61 Å². The predicted octanol–water partition coefficient (Wildman–Crippen LogP) is 1.95. The summed E-state index contributed by atoms with van der Waals surface area (Å²) in [6, 6.07) is 14.5. The molecule has 0 saturated carbocycles.